The fourth-order valence-electron chi connectivity index (χ4n) is 2.94. The zero-order valence-electron chi connectivity index (χ0n) is 11.1. The van der Waals surface area contributed by atoms with E-state index in [1.807, 2.05) is 0 Å². The average molecular weight is 276 g/mol. The standard InChI is InChI=1S/C12H24N2O3S/c1-18(16,17)14-8-4-11(5-9-14)13-10-12(15)6-2-3-7-12/h11,13,15H,2-10H2,1H3. The molecule has 0 spiro atoms. The summed E-state index contributed by atoms with van der Waals surface area (Å²) in [5.41, 5.74) is -0.520. The van der Waals surface area contributed by atoms with E-state index in [1.54, 1.807) is 0 Å². The average Bonchev–Trinajstić information content (AvgIpc) is 2.74. The third-order valence-corrected chi connectivity index (χ3v) is 5.48. The highest BCUT2D eigenvalue weighted by molar-refractivity contribution is 7.88. The minimum atomic E-state index is -3.04. The summed E-state index contributed by atoms with van der Waals surface area (Å²) < 4.78 is 24.3. The lowest BCUT2D eigenvalue weighted by atomic mass is 10.0. The van der Waals surface area contributed by atoms with Crippen LogP contribution in [-0.4, -0.2) is 55.4 Å². The predicted molar refractivity (Wildman–Crippen MR) is 70.9 cm³/mol. The van der Waals surface area contributed by atoms with Crippen molar-refractivity contribution in [1.29, 1.82) is 0 Å². The van der Waals surface area contributed by atoms with Crippen LogP contribution in [0.4, 0.5) is 0 Å². The van der Waals surface area contributed by atoms with Gasteiger partial charge in [-0.15, -0.1) is 0 Å². The van der Waals surface area contributed by atoms with Crippen LogP contribution in [0, 0.1) is 0 Å². The molecule has 2 N–H and O–H groups in total. The topological polar surface area (TPSA) is 69.6 Å². The molecule has 5 nitrogen and oxygen atoms in total. The molecule has 0 aromatic carbocycles. The fraction of sp³-hybridized carbons (Fsp3) is 1.00. The first-order chi connectivity index (χ1) is 8.39. The summed E-state index contributed by atoms with van der Waals surface area (Å²) in [5.74, 6) is 0. The van der Waals surface area contributed by atoms with Gasteiger partial charge in [-0.1, -0.05) is 12.8 Å². The summed E-state index contributed by atoms with van der Waals surface area (Å²) in [7, 11) is -3.04. The number of piperidine rings is 1. The molecule has 6 heteroatoms. The molecule has 2 fully saturated rings. The van der Waals surface area contributed by atoms with Crippen LogP contribution in [0.15, 0.2) is 0 Å². The molecule has 0 atom stereocenters. The normalized spacial score (nSPS) is 26.6. The van der Waals surface area contributed by atoms with Gasteiger partial charge in [-0.05, 0) is 25.7 Å². The molecule has 0 amide bonds. The largest absolute Gasteiger partial charge is 0.389 e. The zero-order chi connectivity index (χ0) is 13.2. The molecule has 1 heterocycles. The Morgan fingerprint density at radius 1 is 1.28 bits per heavy atom. The molecule has 0 bridgehead atoms. The second-order valence-corrected chi connectivity index (χ2v) is 7.73. The smallest absolute Gasteiger partial charge is 0.211 e. The molecule has 0 aromatic heterocycles. The highest BCUT2D eigenvalue weighted by Gasteiger charge is 2.32. The van der Waals surface area contributed by atoms with Crippen LogP contribution in [0.1, 0.15) is 38.5 Å². The van der Waals surface area contributed by atoms with Crippen molar-refractivity contribution in [3.8, 4) is 0 Å². The number of hydrogen-bond acceptors (Lipinski definition) is 4. The van der Waals surface area contributed by atoms with E-state index < -0.39 is 15.6 Å². The number of nitrogens with one attached hydrogen (secondary N) is 1. The lowest BCUT2D eigenvalue weighted by Gasteiger charge is -2.33. The first-order valence-electron chi connectivity index (χ1n) is 6.80. The minimum absolute atomic E-state index is 0.340. The van der Waals surface area contributed by atoms with Crippen LogP contribution < -0.4 is 5.32 Å². The quantitative estimate of drug-likeness (QED) is 0.775. The molecule has 0 unspecified atom stereocenters. The van der Waals surface area contributed by atoms with Crippen LogP contribution >= 0.6 is 0 Å². The molecular formula is C12H24N2O3S. The van der Waals surface area contributed by atoms with E-state index in [2.05, 4.69) is 5.32 Å². The number of hydrogen-bond donors (Lipinski definition) is 2. The monoisotopic (exact) mass is 276 g/mol. The number of nitrogens with zero attached hydrogens (tertiary/aromatic N) is 1. The maximum absolute atomic E-state index is 11.4. The van der Waals surface area contributed by atoms with Gasteiger partial charge in [0.05, 0.1) is 11.9 Å². The van der Waals surface area contributed by atoms with Crippen LogP contribution in [0.25, 0.3) is 0 Å². The van der Waals surface area contributed by atoms with Crippen LogP contribution in [0.2, 0.25) is 0 Å². The van der Waals surface area contributed by atoms with Gasteiger partial charge < -0.3 is 10.4 Å². The highest BCUT2D eigenvalue weighted by Crippen LogP contribution is 2.29. The summed E-state index contributed by atoms with van der Waals surface area (Å²) in [4.78, 5) is 0. The summed E-state index contributed by atoms with van der Waals surface area (Å²) in [6.07, 6.45) is 6.95. The van der Waals surface area contributed by atoms with Crippen molar-refractivity contribution in [2.75, 3.05) is 25.9 Å². The van der Waals surface area contributed by atoms with Gasteiger partial charge in [0.1, 0.15) is 0 Å². The van der Waals surface area contributed by atoms with E-state index in [4.69, 9.17) is 0 Å². The number of sulfonamides is 1. The Morgan fingerprint density at radius 2 is 1.83 bits per heavy atom. The maximum Gasteiger partial charge on any atom is 0.211 e. The van der Waals surface area contributed by atoms with Crippen molar-refractivity contribution in [3.05, 3.63) is 0 Å². The summed E-state index contributed by atoms with van der Waals surface area (Å²) in [6, 6.07) is 0.340. The van der Waals surface area contributed by atoms with Gasteiger partial charge in [0, 0.05) is 25.7 Å². The van der Waals surface area contributed by atoms with Crippen molar-refractivity contribution < 1.29 is 13.5 Å². The Bertz CT molecular complexity index is 369. The summed E-state index contributed by atoms with van der Waals surface area (Å²) in [5, 5.41) is 13.6. The van der Waals surface area contributed by atoms with E-state index >= 15 is 0 Å². The predicted octanol–water partition coefficient (Wildman–Crippen LogP) is 0.305. The molecule has 0 aromatic rings. The Kier molecular flexibility index (Phi) is 4.31. The molecule has 0 radical (unpaired) electrons. The van der Waals surface area contributed by atoms with E-state index in [9.17, 15) is 13.5 Å². The van der Waals surface area contributed by atoms with Crippen molar-refractivity contribution >= 4 is 10.0 Å². The third-order valence-electron chi connectivity index (χ3n) is 4.18. The van der Waals surface area contributed by atoms with Crippen molar-refractivity contribution in [1.82, 2.24) is 9.62 Å². The van der Waals surface area contributed by atoms with E-state index in [0.29, 0.717) is 25.7 Å². The molecule has 106 valence electrons. The van der Waals surface area contributed by atoms with Crippen LogP contribution in [0.5, 0.6) is 0 Å². The van der Waals surface area contributed by atoms with Crippen molar-refractivity contribution in [3.63, 3.8) is 0 Å². The maximum atomic E-state index is 11.4. The van der Waals surface area contributed by atoms with Gasteiger partial charge in [-0.25, -0.2) is 12.7 Å². The minimum Gasteiger partial charge on any atom is -0.389 e. The Labute approximate surface area is 110 Å². The van der Waals surface area contributed by atoms with Gasteiger partial charge in [0.2, 0.25) is 10.0 Å². The Hall–Kier alpha value is -0.170. The molecule has 18 heavy (non-hydrogen) atoms. The molecular weight excluding hydrogens is 252 g/mol. The third kappa shape index (κ3) is 3.66. The van der Waals surface area contributed by atoms with Gasteiger partial charge in [0.25, 0.3) is 0 Å². The van der Waals surface area contributed by atoms with Crippen LogP contribution in [-0.2, 0) is 10.0 Å². The second-order valence-electron chi connectivity index (χ2n) is 5.75. The summed E-state index contributed by atoms with van der Waals surface area (Å²) >= 11 is 0. The zero-order valence-corrected chi connectivity index (χ0v) is 11.9. The molecule has 1 aliphatic carbocycles. The van der Waals surface area contributed by atoms with Gasteiger partial charge >= 0.3 is 0 Å². The fourth-order valence-corrected chi connectivity index (χ4v) is 3.81. The number of rotatable bonds is 4. The molecule has 1 saturated heterocycles. The van der Waals surface area contributed by atoms with Crippen molar-refractivity contribution in [2.45, 2.75) is 50.2 Å². The van der Waals surface area contributed by atoms with E-state index in [0.717, 1.165) is 38.5 Å². The molecule has 2 rings (SSSR count). The Balaban J connectivity index is 1.74. The van der Waals surface area contributed by atoms with Gasteiger partial charge in [0.15, 0.2) is 0 Å². The highest BCUT2D eigenvalue weighted by atomic mass is 32.2. The lowest BCUT2D eigenvalue weighted by Crippen LogP contribution is -2.48. The van der Waals surface area contributed by atoms with E-state index in [-0.39, 0.29) is 0 Å². The van der Waals surface area contributed by atoms with Gasteiger partial charge in [-0.2, -0.15) is 0 Å². The first-order valence-corrected chi connectivity index (χ1v) is 8.65. The summed E-state index contributed by atoms with van der Waals surface area (Å²) in [6.45, 7) is 1.83. The Morgan fingerprint density at radius 3 is 2.33 bits per heavy atom. The van der Waals surface area contributed by atoms with Gasteiger partial charge in [-0.3, -0.25) is 0 Å². The first kappa shape index (κ1) is 14.2. The molecule has 1 saturated carbocycles. The van der Waals surface area contributed by atoms with Crippen molar-refractivity contribution in [2.24, 2.45) is 0 Å². The molecule has 2 aliphatic rings. The second kappa shape index (κ2) is 5.45. The molecule has 1 aliphatic heterocycles. The van der Waals surface area contributed by atoms with E-state index in [1.165, 1.54) is 10.6 Å². The number of aliphatic hydroxyl groups is 1. The lowest BCUT2D eigenvalue weighted by molar-refractivity contribution is 0.0429. The van der Waals surface area contributed by atoms with Crippen LogP contribution in [0.3, 0.4) is 0 Å². The SMILES string of the molecule is CS(=O)(=O)N1CCC(NCC2(O)CCCC2)CC1.